The molecule has 0 radical (unpaired) electrons. The van der Waals surface area contributed by atoms with E-state index < -0.39 is 52.3 Å². The van der Waals surface area contributed by atoms with Gasteiger partial charge in [-0.05, 0) is 50.0 Å². The Morgan fingerprint density at radius 3 is 2.11 bits per heavy atom. The first-order chi connectivity index (χ1) is 18.0. The SMILES string of the molecule is CC(=O)CC1=C(C(=O)OC(c2ccccc2)c2ccccc2)N2C(=O)C(NC(=O)OC(C)(C)C)C2[S+]([O-])C1. The van der Waals surface area contributed by atoms with Gasteiger partial charge < -0.3 is 19.3 Å². The van der Waals surface area contributed by atoms with E-state index in [2.05, 4.69) is 5.32 Å². The number of carbonyl (C=O) groups is 4. The largest absolute Gasteiger partial charge is 0.614 e. The number of nitrogens with one attached hydrogen (secondary N) is 1. The van der Waals surface area contributed by atoms with Crippen LogP contribution in [0.3, 0.4) is 0 Å². The lowest BCUT2D eigenvalue weighted by molar-refractivity contribution is -0.154. The number of hydrogen-bond acceptors (Lipinski definition) is 7. The zero-order chi connectivity index (χ0) is 27.6. The summed E-state index contributed by atoms with van der Waals surface area (Å²) in [6.45, 7) is 6.40. The van der Waals surface area contributed by atoms with Crippen LogP contribution in [0.5, 0.6) is 0 Å². The van der Waals surface area contributed by atoms with Crippen LogP contribution in [0, 0.1) is 0 Å². The molecule has 0 saturated carbocycles. The number of rotatable bonds is 7. The van der Waals surface area contributed by atoms with Crippen molar-refractivity contribution in [3.63, 3.8) is 0 Å². The standard InChI is InChI=1S/C28H30N2O7S/c1-17(31)15-20-16-38(35)25-21(29-27(34)37-28(2,3)4)24(32)30(25)22(20)26(33)36-23(18-11-7-5-8-12-18)19-13-9-6-10-14-19/h5-14,21,23,25H,15-16H2,1-4H3,(H,29,34). The van der Waals surface area contributed by atoms with Crippen molar-refractivity contribution in [3.05, 3.63) is 83.1 Å². The molecule has 38 heavy (non-hydrogen) atoms. The van der Waals surface area contributed by atoms with Crippen molar-refractivity contribution < 1.29 is 33.2 Å². The Balaban J connectivity index is 1.65. The molecule has 4 rings (SSSR count). The Hall–Kier alpha value is -3.63. The molecule has 3 atom stereocenters. The van der Waals surface area contributed by atoms with Crippen molar-refractivity contribution in [3.8, 4) is 0 Å². The highest BCUT2D eigenvalue weighted by molar-refractivity contribution is 7.92. The summed E-state index contributed by atoms with van der Waals surface area (Å²) in [5.41, 5.74) is 0.803. The number of ether oxygens (including phenoxy) is 2. The Morgan fingerprint density at radius 2 is 1.61 bits per heavy atom. The van der Waals surface area contributed by atoms with E-state index in [1.807, 2.05) is 60.7 Å². The molecule has 0 aliphatic carbocycles. The van der Waals surface area contributed by atoms with Crippen molar-refractivity contribution in [2.75, 3.05) is 5.75 Å². The summed E-state index contributed by atoms with van der Waals surface area (Å²) in [4.78, 5) is 52.4. The first-order valence-corrected chi connectivity index (χ1v) is 13.6. The Kier molecular flexibility index (Phi) is 7.94. The minimum Gasteiger partial charge on any atom is -0.614 e. The van der Waals surface area contributed by atoms with Gasteiger partial charge in [0.05, 0.1) is 0 Å². The fourth-order valence-corrected chi connectivity index (χ4v) is 6.14. The molecule has 200 valence electrons. The van der Waals surface area contributed by atoms with Gasteiger partial charge in [-0.3, -0.25) is 14.5 Å². The number of amides is 2. The number of esters is 1. The van der Waals surface area contributed by atoms with Gasteiger partial charge in [0.2, 0.25) is 5.37 Å². The lowest BCUT2D eigenvalue weighted by Gasteiger charge is -2.49. The van der Waals surface area contributed by atoms with Gasteiger partial charge in [0, 0.05) is 12.0 Å². The molecule has 1 saturated heterocycles. The highest BCUT2D eigenvalue weighted by Gasteiger charge is 2.61. The molecule has 0 spiro atoms. The number of alkyl carbamates (subject to hydrolysis) is 1. The van der Waals surface area contributed by atoms with Crippen LogP contribution in [0.15, 0.2) is 71.9 Å². The molecule has 2 amide bonds. The van der Waals surface area contributed by atoms with Crippen LogP contribution in [0.4, 0.5) is 4.79 Å². The maximum atomic E-state index is 13.7. The van der Waals surface area contributed by atoms with Gasteiger partial charge in [0.15, 0.2) is 12.1 Å². The lowest BCUT2D eigenvalue weighted by atomic mass is 9.99. The Labute approximate surface area is 224 Å². The third kappa shape index (κ3) is 5.92. The normalized spacial score (nSPS) is 20.9. The Bertz CT molecular complexity index is 1220. The van der Waals surface area contributed by atoms with E-state index in [9.17, 15) is 23.7 Å². The van der Waals surface area contributed by atoms with E-state index >= 15 is 0 Å². The first-order valence-electron chi connectivity index (χ1n) is 12.2. The van der Waals surface area contributed by atoms with E-state index in [1.165, 1.54) is 6.92 Å². The van der Waals surface area contributed by atoms with Gasteiger partial charge in [0.1, 0.15) is 22.8 Å². The van der Waals surface area contributed by atoms with E-state index in [4.69, 9.17) is 9.47 Å². The molecular weight excluding hydrogens is 508 g/mol. The molecule has 2 aliphatic rings. The van der Waals surface area contributed by atoms with Crippen LogP contribution in [0.1, 0.15) is 51.3 Å². The van der Waals surface area contributed by atoms with Gasteiger partial charge in [-0.25, -0.2) is 9.59 Å². The molecule has 1 N–H and O–H groups in total. The second-order valence-corrected chi connectivity index (χ2v) is 11.7. The third-order valence-corrected chi connectivity index (χ3v) is 7.62. The molecule has 0 bridgehead atoms. The van der Waals surface area contributed by atoms with Crippen LogP contribution in [-0.4, -0.2) is 56.0 Å². The number of ketones is 1. The molecule has 9 nitrogen and oxygen atoms in total. The predicted molar refractivity (Wildman–Crippen MR) is 140 cm³/mol. The highest BCUT2D eigenvalue weighted by Crippen LogP contribution is 2.39. The van der Waals surface area contributed by atoms with Crippen LogP contribution in [0.2, 0.25) is 0 Å². The van der Waals surface area contributed by atoms with Crippen LogP contribution in [-0.2, 0) is 35.0 Å². The maximum Gasteiger partial charge on any atom is 0.408 e. The summed E-state index contributed by atoms with van der Waals surface area (Å²) < 4.78 is 24.3. The summed E-state index contributed by atoms with van der Waals surface area (Å²) in [7, 11) is 0. The molecule has 2 heterocycles. The molecule has 2 aromatic rings. The zero-order valence-electron chi connectivity index (χ0n) is 21.6. The number of hydrogen-bond donors (Lipinski definition) is 1. The quantitative estimate of drug-likeness (QED) is 0.325. The average Bonchev–Trinajstić information content (AvgIpc) is 2.85. The van der Waals surface area contributed by atoms with Crippen LogP contribution in [0.25, 0.3) is 0 Å². The Morgan fingerprint density at radius 1 is 1.05 bits per heavy atom. The number of fused-ring (bicyclic) bond motifs is 1. The first kappa shape index (κ1) is 27.4. The lowest BCUT2D eigenvalue weighted by Crippen LogP contribution is -2.75. The molecular formula is C28H30N2O7S. The van der Waals surface area contributed by atoms with Gasteiger partial charge in [-0.2, -0.15) is 0 Å². The van der Waals surface area contributed by atoms with Crippen molar-refractivity contribution in [2.45, 2.75) is 57.2 Å². The number of benzene rings is 2. The second kappa shape index (κ2) is 11.0. The van der Waals surface area contributed by atoms with E-state index in [0.29, 0.717) is 0 Å². The highest BCUT2D eigenvalue weighted by atomic mass is 32.2. The van der Waals surface area contributed by atoms with E-state index in [-0.39, 0.29) is 29.2 Å². The number of carbonyl (C=O) groups excluding carboxylic acids is 4. The maximum absolute atomic E-state index is 13.7. The fourth-order valence-electron chi connectivity index (χ4n) is 4.46. The van der Waals surface area contributed by atoms with Crippen molar-refractivity contribution in [1.82, 2.24) is 10.2 Å². The summed E-state index contributed by atoms with van der Waals surface area (Å²) in [5, 5.41) is 1.49. The smallest absolute Gasteiger partial charge is 0.408 e. The summed E-state index contributed by atoms with van der Waals surface area (Å²) in [6, 6.07) is 17.2. The zero-order valence-corrected chi connectivity index (χ0v) is 22.4. The monoisotopic (exact) mass is 538 g/mol. The second-order valence-electron chi connectivity index (χ2n) is 10.2. The van der Waals surface area contributed by atoms with Crippen molar-refractivity contribution >= 4 is 34.9 Å². The average molecular weight is 539 g/mol. The minimum atomic E-state index is -1.67. The van der Waals surface area contributed by atoms with Crippen molar-refractivity contribution in [2.24, 2.45) is 0 Å². The topological polar surface area (TPSA) is 125 Å². The number of nitrogens with zero attached hydrogens (tertiary/aromatic N) is 1. The van der Waals surface area contributed by atoms with Gasteiger partial charge >= 0.3 is 12.1 Å². The molecule has 2 aliphatic heterocycles. The summed E-state index contributed by atoms with van der Waals surface area (Å²) in [6.07, 6.45) is -1.77. The molecule has 3 unspecified atom stereocenters. The molecule has 0 aromatic heterocycles. The van der Waals surface area contributed by atoms with Crippen LogP contribution >= 0.6 is 0 Å². The third-order valence-electron chi connectivity index (χ3n) is 5.96. The number of β-lactam (4-membered cyclic amide) rings is 1. The summed E-state index contributed by atoms with van der Waals surface area (Å²) >= 11 is -1.67. The van der Waals surface area contributed by atoms with Gasteiger partial charge in [-0.15, -0.1) is 0 Å². The van der Waals surface area contributed by atoms with Gasteiger partial charge in [-0.1, -0.05) is 60.7 Å². The molecule has 2 aromatic carbocycles. The van der Waals surface area contributed by atoms with Crippen molar-refractivity contribution in [1.29, 1.82) is 0 Å². The minimum absolute atomic E-state index is 0.103. The van der Waals surface area contributed by atoms with E-state index in [0.717, 1.165) is 16.0 Å². The predicted octanol–water partition coefficient (Wildman–Crippen LogP) is 3.38. The summed E-state index contributed by atoms with van der Waals surface area (Å²) in [5.74, 6) is -1.80. The van der Waals surface area contributed by atoms with Crippen LogP contribution < -0.4 is 5.32 Å². The van der Waals surface area contributed by atoms with E-state index in [1.54, 1.807) is 20.8 Å². The fraction of sp³-hybridized carbons (Fsp3) is 0.357. The number of Topliss-reactive ketones (excluding diaryl/α,β-unsaturated/α-hetero) is 1. The molecule has 1 fully saturated rings. The van der Waals surface area contributed by atoms with Gasteiger partial charge in [0.25, 0.3) is 5.91 Å². The molecule has 10 heteroatoms.